The largest absolute Gasteiger partial charge is 0.464 e. The van der Waals surface area contributed by atoms with Gasteiger partial charge in [0.25, 0.3) is 0 Å². The molecule has 0 aliphatic rings. The van der Waals surface area contributed by atoms with E-state index in [1.54, 1.807) is 6.26 Å². The molecule has 0 aliphatic carbocycles. The molecule has 0 atom stereocenters. The monoisotopic (exact) mass is 273 g/mol. The topological polar surface area (TPSA) is 51.5 Å². The maximum absolute atomic E-state index is 11.7. The number of nitrogens with one attached hydrogen (secondary N) is 1. The van der Waals surface area contributed by atoms with Gasteiger partial charge in [-0.1, -0.05) is 0 Å². The van der Waals surface area contributed by atoms with Gasteiger partial charge < -0.3 is 9.15 Å². The molecule has 0 saturated heterocycles. The summed E-state index contributed by atoms with van der Waals surface area (Å²) in [5, 5.41) is 2.75. The van der Waals surface area contributed by atoms with Gasteiger partial charge in [0, 0.05) is 11.3 Å². The van der Waals surface area contributed by atoms with Gasteiger partial charge in [0.15, 0.2) is 0 Å². The van der Waals surface area contributed by atoms with Crippen LogP contribution in [0.15, 0.2) is 41.0 Å². The Balaban J connectivity index is 2.13. The van der Waals surface area contributed by atoms with Crippen molar-refractivity contribution in [3.05, 3.63) is 42.2 Å². The molecule has 0 unspecified atom stereocenters. The first kappa shape index (κ1) is 14.2. The van der Waals surface area contributed by atoms with E-state index in [1.165, 1.54) is 0 Å². The van der Waals surface area contributed by atoms with Gasteiger partial charge in [-0.3, -0.25) is 5.32 Å². The summed E-state index contributed by atoms with van der Waals surface area (Å²) in [5.74, 6) is 0.803. The lowest BCUT2D eigenvalue weighted by molar-refractivity contribution is 0.0636. The Kier molecular flexibility index (Phi) is 3.84. The van der Waals surface area contributed by atoms with Crippen molar-refractivity contribution in [2.75, 3.05) is 5.32 Å². The first-order chi connectivity index (χ1) is 9.35. The van der Waals surface area contributed by atoms with E-state index in [9.17, 15) is 4.79 Å². The lowest BCUT2D eigenvalue weighted by Gasteiger charge is -2.20. The van der Waals surface area contributed by atoms with Crippen LogP contribution in [0.2, 0.25) is 0 Å². The fourth-order valence-electron chi connectivity index (χ4n) is 1.81. The second-order valence-electron chi connectivity index (χ2n) is 5.63. The summed E-state index contributed by atoms with van der Waals surface area (Å²) in [5.41, 5.74) is 2.15. The fourth-order valence-corrected chi connectivity index (χ4v) is 1.81. The summed E-state index contributed by atoms with van der Waals surface area (Å²) in [6.07, 6.45) is 1.18. The number of rotatable bonds is 2. The third kappa shape index (κ3) is 3.63. The Hall–Kier alpha value is -2.23. The van der Waals surface area contributed by atoms with Crippen molar-refractivity contribution in [3.8, 4) is 11.3 Å². The summed E-state index contributed by atoms with van der Waals surface area (Å²) < 4.78 is 10.6. The van der Waals surface area contributed by atoms with Crippen LogP contribution in [0.3, 0.4) is 0 Å². The maximum Gasteiger partial charge on any atom is 0.412 e. The summed E-state index contributed by atoms with van der Waals surface area (Å²) in [6.45, 7) is 7.43. The zero-order valence-corrected chi connectivity index (χ0v) is 12.2. The SMILES string of the molecule is Cc1cc(-c2ccco2)ccc1NC(=O)OC(C)(C)C. The molecule has 0 radical (unpaired) electrons. The van der Waals surface area contributed by atoms with E-state index >= 15 is 0 Å². The number of hydrogen-bond acceptors (Lipinski definition) is 3. The minimum absolute atomic E-state index is 0.452. The molecule has 1 amide bonds. The molecule has 20 heavy (non-hydrogen) atoms. The minimum atomic E-state index is -0.508. The predicted octanol–water partition coefficient (Wildman–Crippen LogP) is 4.60. The highest BCUT2D eigenvalue weighted by Gasteiger charge is 2.16. The maximum atomic E-state index is 11.7. The molecule has 1 heterocycles. The van der Waals surface area contributed by atoms with E-state index in [0.717, 1.165) is 22.6 Å². The molecule has 2 aromatic rings. The number of benzene rings is 1. The number of carbonyl (C=O) groups is 1. The van der Waals surface area contributed by atoms with Crippen LogP contribution in [0.25, 0.3) is 11.3 Å². The van der Waals surface area contributed by atoms with Crippen LogP contribution >= 0.6 is 0 Å². The molecule has 106 valence electrons. The minimum Gasteiger partial charge on any atom is -0.464 e. The van der Waals surface area contributed by atoms with Gasteiger partial charge in [-0.2, -0.15) is 0 Å². The summed E-state index contributed by atoms with van der Waals surface area (Å²) >= 11 is 0. The lowest BCUT2D eigenvalue weighted by Crippen LogP contribution is -2.27. The highest BCUT2D eigenvalue weighted by Crippen LogP contribution is 2.25. The van der Waals surface area contributed by atoms with Gasteiger partial charge in [-0.05, 0) is 63.6 Å². The van der Waals surface area contributed by atoms with Gasteiger partial charge in [-0.25, -0.2) is 4.79 Å². The molecule has 4 heteroatoms. The molecule has 0 fully saturated rings. The van der Waals surface area contributed by atoms with Gasteiger partial charge in [0.05, 0.1) is 6.26 Å². The number of aryl methyl sites for hydroxylation is 1. The summed E-state index contributed by atoms with van der Waals surface area (Å²) in [6, 6.07) is 9.45. The van der Waals surface area contributed by atoms with E-state index < -0.39 is 11.7 Å². The van der Waals surface area contributed by atoms with Gasteiger partial charge in [-0.15, -0.1) is 0 Å². The predicted molar refractivity (Wildman–Crippen MR) is 78.7 cm³/mol. The third-order valence-electron chi connectivity index (χ3n) is 2.67. The number of ether oxygens (including phenoxy) is 1. The van der Waals surface area contributed by atoms with Crippen molar-refractivity contribution in [1.29, 1.82) is 0 Å². The zero-order chi connectivity index (χ0) is 14.8. The van der Waals surface area contributed by atoms with E-state index in [2.05, 4.69) is 5.32 Å². The summed E-state index contributed by atoms with van der Waals surface area (Å²) in [4.78, 5) is 11.7. The standard InChI is InChI=1S/C16H19NO3/c1-11-10-12(14-6-5-9-19-14)7-8-13(11)17-15(18)20-16(2,3)4/h5-10H,1-4H3,(H,17,18). The third-order valence-corrected chi connectivity index (χ3v) is 2.67. The molecular formula is C16H19NO3. The molecular weight excluding hydrogens is 254 g/mol. The van der Waals surface area contributed by atoms with Gasteiger partial charge in [0.1, 0.15) is 11.4 Å². The number of furan rings is 1. The van der Waals surface area contributed by atoms with Crippen molar-refractivity contribution in [3.63, 3.8) is 0 Å². The van der Waals surface area contributed by atoms with Crippen LogP contribution < -0.4 is 5.32 Å². The number of hydrogen-bond donors (Lipinski definition) is 1. The van der Waals surface area contributed by atoms with Crippen LogP contribution in [0.4, 0.5) is 10.5 Å². The number of amides is 1. The molecule has 1 aromatic heterocycles. The fraction of sp³-hybridized carbons (Fsp3) is 0.312. The lowest BCUT2D eigenvalue weighted by atomic mass is 10.1. The molecule has 4 nitrogen and oxygen atoms in total. The second kappa shape index (κ2) is 5.41. The van der Waals surface area contributed by atoms with Crippen molar-refractivity contribution in [1.82, 2.24) is 0 Å². The number of carbonyl (C=O) groups excluding carboxylic acids is 1. The summed E-state index contributed by atoms with van der Waals surface area (Å²) in [7, 11) is 0. The highest BCUT2D eigenvalue weighted by atomic mass is 16.6. The average Bonchev–Trinajstić information content (AvgIpc) is 2.82. The average molecular weight is 273 g/mol. The van der Waals surface area contributed by atoms with Crippen molar-refractivity contribution >= 4 is 11.8 Å². The van der Waals surface area contributed by atoms with Crippen molar-refractivity contribution < 1.29 is 13.9 Å². The Morgan fingerprint density at radius 2 is 2.00 bits per heavy atom. The first-order valence-electron chi connectivity index (χ1n) is 6.50. The van der Waals surface area contributed by atoms with Crippen LogP contribution in [0.1, 0.15) is 26.3 Å². The van der Waals surface area contributed by atoms with Crippen molar-refractivity contribution in [2.24, 2.45) is 0 Å². The molecule has 1 N–H and O–H groups in total. The molecule has 0 saturated carbocycles. The van der Waals surface area contributed by atoms with Gasteiger partial charge in [0.2, 0.25) is 0 Å². The smallest absolute Gasteiger partial charge is 0.412 e. The van der Waals surface area contributed by atoms with E-state index in [1.807, 2.05) is 58.0 Å². The normalized spacial score (nSPS) is 11.2. The van der Waals surface area contributed by atoms with Gasteiger partial charge >= 0.3 is 6.09 Å². The molecule has 0 spiro atoms. The highest BCUT2D eigenvalue weighted by molar-refractivity contribution is 5.86. The zero-order valence-electron chi connectivity index (χ0n) is 12.2. The van der Waals surface area contributed by atoms with Crippen LogP contribution in [0.5, 0.6) is 0 Å². The van der Waals surface area contributed by atoms with E-state index in [4.69, 9.17) is 9.15 Å². The van der Waals surface area contributed by atoms with E-state index in [0.29, 0.717) is 0 Å². The van der Waals surface area contributed by atoms with Crippen LogP contribution in [-0.4, -0.2) is 11.7 Å². The van der Waals surface area contributed by atoms with Crippen molar-refractivity contribution in [2.45, 2.75) is 33.3 Å². The van der Waals surface area contributed by atoms with Crippen LogP contribution in [-0.2, 0) is 4.74 Å². The van der Waals surface area contributed by atoms with Crippen LogP contribution in [0, 0.1) is 6.92 Å². The Labute approximate surface area is 118 Å². The molecule has 2 rings (SSSR count). The molecule has 1 aromatic carbocycles. The van der Waals surface area contributed by atoms with E-state index in [-0.39, 0.29) is 0 Å². The quantitative estimate of drug-likeness (QED) is 0.869. The molecule has 0 bridgehead atoms. The first-order valence-corrected chi connectivity index (χ1v) is 6.50. The molecule has 0 aliphatic heterocycles. The second-order valence-corrected chi connectivity index (χ2v) is 5.63. The number of anilines is 1. The Morgan fingerprint density at radius 3 is 2.55 bits per heavy atom. The Morgan fingerprint density at radius 1 is 1.25 bits per heavy atom. The Bertz CT molecular complexity index is 595.